The molecule has 0 spiro atoms. The second kappa shape index (κ2) is 20.3. The monoisotopic (exact) mass is 1050 g/mol. The van der Waals surface area contributed by atoms with Gasteiger partial charge in [0.2, 0.25) is 11.6 Å². The maximum absolute atomic E-state index is 15.1. The van der Waals surface area contributed by atoms with Crippen LogP contribution in [0, 0.1) is 30.5 Å². The van der Waals surface area contributed by atoms with E-state index in [0.717, 1.165) is 21.2 Å². The standard InChI is InChI=1S/C30H22F4N2P2.C10H14.ClH.6FH.Ru.Sb/c31-26-28(27(32)30(34)35-29(26)33)36-38(24-17-9-3-10-18-24,25-19-11-4-12-20-25)21-37(22-13-5-1-6-14-22)23-15-7-2-8-16-23;1-8(2)10-6-4-9(3)5-7-10;;;;;;;;;/h1-20H,21H2;4-8H,1-3H3;7*1H;;/q;;;;;;;;;+2;+5/p-7. The molecular weight excluding hydrogens is 1020 g/mol. The van der Waals surface area contributed by atoms with E-state index in [1.165, 1.54) is 11.1 Å². The Morgan fingerprint density at radius 2 is 0.930 bits per heavy atom. The molecule has 0 bridgehead atoms. The second-order valence-electron chi connectivity index (χ2n) is 12.5. The molecular formula is C40H36ClF10N2P2RuSb. The van der Waals surface area contributed by atoms with Gasteiger partial charge in [0.25, 0.3) is 11.9 Å². The molecule has 0 amide bonds. The van der Waals surface area contributed by atoms with Gasteiger partial charge in [0.15, 0.2) is 0 Å². The molecule has 0 atom stereocenters. The quantitative estimate of drug-likeness (QED) is 0.0645. The van der Waals surface area contributed by atoms with E-state index in [0.29, 0.717) is 11.8 Å². The fraction of sp³-hybridized carbons (Fsp3) is 0.125. The van der Waals surface area contributed by atoms with Crippen molar-refractivity contribution in [2.45, 2.75) is 26.7 Å². The molecule has 6 aromatic rings. The minimum atomic E-state index is -11.2. The Hall–Kier alpha value is -3.06. The fourth-order valence-corrected chi connectivity index (χ4v) is 13.5. The van der Waals surface area contributed by atoms with E-state index in [1.54, 1.807) is 0 Å². The van der Waals surface area contributed by atoms with Gasteiger partial charge in [-0.05, 0) is 47.5 Å². The second-order valence-corrected chi connectivity index (χ2v) is 23.7. The number of hydrogen-bond donors (Lipinski definition) is 0. The molecule has 1 aromatic heterocycles. The summed E-state index contributed by atoms with van der Waals surface area (Å²) in [6, 6.07) is 46.9. The summed E-state index contributed by atoms with van der Waals surface area (Å²) in [7, 11) is 0.369. The SMILES string of the molecule is Cc1ccc(C(C)C)cc1.Fc1nc(F)c(F)c(N=P(CP(c2ccccc2)c2ccccc2)(c2ccccc2)c2ccccc2)c1F.[Cl][Ru+].[F][Sb-]([F])([F])([F])([F])[F]. The normalized spacial score (nSPS) is 12.4. The maximum atomic E-state index is 15.1. The van der Waals surface area contributed by atoms with E-state index in [9.17, 15) is 25.7 Å². The Bertz CT molecular complexity index is 2100. The van der Waals surface area contributed by atoms with E-state index in [-0.39, 0.29) is 0 Å². The van der Waals surface area contributed by atoms with Crippen molar-refractivity contribution in [3.05, 3.63) is 180 Å². The van der Waals surface area contributed by atoms with Gasteiger partial charge in [0, 0.05) is 13.0 Å². The molecule has 0 fully saturated rings. The van der Waals surface area contributed by atoms with Crippen LogP contribution in [0.15, 0.2) is 150 Å². The molecule has 5 aromatic carbocycles. The molecule has 0 saturated heterocycles. The molecule has 0 saturated carbocycles. The number of nitrogens with zero attached hydrogens (tertiary/aromatic N) is 2. The van der Waals surface area contributed by atoms with Crippen molar-refractivity contribution in [3.63, 3.8) is 0 Å². The van der Waals surface area contributed by atoms with Crippen LogP contribution in [0.25, 0.3) is 0 Å². The number of benzene rings is 5. The van der Waals surface area contributed by atoms with Crippen molar-refractivity contribution < 1.29 is 51.8 Å². The number of hydrogen-bond acceptors (Lipinski definition) is 2. The molecule has 57 heavy (non-hydrogen) atoms. The number of pyridine rings is 1. The topological polar surface area (TPSA) is 25.2 Å². The van der Waals surface area contributed by atoms with E-state index >= 15 is 8.78 Å². The van der Waals surface area contributed by atoms with Gasteiger partial charge in [-0.25, -0.2) is 0 Å². The third-order valence-corrected chi connectivity index (χ3v) is 15.3. The molecule has 17 heteroatoms. The summed E-state index contributed by atoms with van der Waals surface area (Å²) in [5.41, 5.74) is 1.78. The molecule has 0 unspecified atom stereocenters. The summed E-state index contributed by atoms with van der Waals surface area (Å²) in [6.07, 6.45) is 0. The average Bonchev–Trinajstić information content (AvgIpc) is 3.18. The predicted octanol–water partition coefficient (Wildman–Crippen LogP) is 13.2. The van der Waals surface area contributed by atoms with Crippen molar-refractivity contribution in [1.29, 1.82) is 0 Å². The van der Waals surface area contributed by atoms with Gasteiger partial charge < -0.3 is 0 Å². The van der Waals surface area contributed by atoms with Crippen LogP contribution in [-0.2, 0) is 17.3 Å². The molecule has 0 aliphatic rings. The Morgan fingerprint density at radius 1 is 0.596 bits per heavy atom. The van der Waals surface area contributed by atoms with Crippen LogP contribution in [0.5, 0.6) is 0 Å². The van der Waals surface area contributed by atoms with E-state index in [2.05, 4.69) is 59.7 Å². The first-order valence-corrected chi connectivity index (χ1v) is 28.2. The van der Waals surface area contributed by atoms with Crippen LogP contribution < -0.4 is 21.2 Å². The summed E-state index contributed by atoms with van der Waals surface area (Å²) in [5, 5.41) is 3.57. The average molecular weight is 1050 g/mol. The summed E-state index contributed by atoms with van der Waals surface area (Å²) in [5.74, 6) is -5.63. The van der Waals surface area contributed by atoms with E-state index in [1.807, 2.05) is 139 Å². The molecule has 0 aliphatic heterocycles. The zero-order valence-electron chi connectivity index (χ0n) is 30.4. The van der Waals surface area contributed by atoms with Crippen LogP contribution in [0.3, 0.4) is 0 Å². The molecule has 0 aliphatic carbocycles. The number of halogens is 11. The third kappa shape index (κ3) is 15.9. The molecule has 0 radical (unpaired) electrons. The van der Waals surface area contributed by atoms with Crippen LogP contribution >= 0.6 is 24.7 Å². The summed E-state index contributed by atoms with van der Waals surface area (Å²) >= 11 is -9.43. The first kappa shape index (κ1) is 48.3. The van der Waals surface area contributed by atoms with Gasteiger partial charge in [0.1, 0.15) is 5.69 Å². The van der Waals surface area contributed by atoms with Gasteiger partial charge in [0.05, 0.1) is 0 Å². The predicted molar refractivity (Wildman–Crippen MR) is 213 cm³/mol. The molecule has 2 nitrogen and oxygen atoms in total. The van der Waals surface area contributed by atoms with Gasteiger partial charge in [-0.2, -0.15) is 22.5 Å². The number of aryl methyl sites for hydroxylation is 1. The molecule has 6 rings (SSSR count). The zero-order valence-corrected chi connectivity index (χ0v) is 37.2. The van der Waals surface area contributed by atoms with Gasteiger partial charge in [-0.15, -0.1) is 0 Å². The van der Waals surface area contributed by atoms with E-state index < -0.39 is 63.7 Å². The van der Waals surface area contributed by atoms with Crippen LogP contribution in [0.1, 0.15) is 30.9 Å². The molecule has 1 heterocycles. The van der Waals surface area contributed by atoms with Crippen molar-refractivity contribution in [2.24, 2.45) is 4.74 Å². The third-order valence-electron chi connectivity index (χ3n) is 7.84. The zero-order chi connectivity index (χ0) is 42.5. The summed E-state index contributed by atoms with van der Waals surface area (Å²) < 4.78 is 123. The van der Waals surface area contributed by atoms with Crippen molar-refractivity contribution in [3.8, 4) is 0 Å². The summed E-state index contributed by atoms with van der Waals surface area (Å²) in [6.45, 7) is 6.54. The number of aromatic nitrogens is 1. The summed E-state index contributed by atoms with van der Waals surface area (Å²) in [4.78, 5) is 2.74. The van der Waals surface area contributed by atoms with Crippen LogP contribution in [-0.4, -0.2) is 30.4 Å². The van der Waals surface area contributed by atoms with Crippen molar-refractivity contribution in [1.82, 2.24) is 4.98 Å². The van der Waals surface area contributed by atoms with Gasteiger partial charge in [-0.1, -0.05) is 165 Å². The molecule has 0 N–H and O–H groups in total. The minimum absolute atomic E-state index is 0.384. The Kier molecular flexibility index (Phi) is 17.2. The van der Waals surface area contributed by atoms with Crippen LogP contribution in [0.4, 0.5) is 40.1 Å². The fourth-order valence-electron chi connectivity index (χ4n) is 5.23. The van der Waals surface area contributed by atoms with Gasteiger partial charge in [-0.3, -0.25) is 4.74 Å². The van der Waals surface area contributed by atoms with Crippen molar-refractivity contribution >= 4 is 71.0 Å². The number of rotatable bonds is 8. The van der Waals surface area contributed by atoms with E-state index in [4.69, 9.17) is 4.74 Å². The van der Waals surface area contributed by atoms with Crippen LogP contribution in [0.2, 0.25) is 0 Å². The Balaban J connectivity index is 0.000000378. The first-order valence-electron chi connectivity index (χ1n) is 16.7. The first-order chi connectivity index (χ1) is 26.6. The van der Waals surface area contributed by atoms with Gasteiger partial charge >= 0.3 is 63.4 Å². The Morgan fingerprint density at radius 3 is 1.26 bits per heavy atom. The van der Waals surface area contributed by atoms with Crippen molar-refractivity contribution in [2.75, 3.05) is 5.90 Å². The molecule has 306 valence electrons. The Labute approximate surface area is 343 Å².